The van der Waals surface area contributed by atoms with Crippen molar-refractivity contribution in [3.63, 3.8) is 0 Å². The average Bonchev–Trinajstić information content (AvgIpc) is 2.40. The van der Waals surface area contributed by atoms with Crippen LogP contribution in [0.1, 0.15) is 35.8 Å². The molecule has 0 atom stereocenters. The van der Waals surface area contributed by atoms with Crippen molar-refractivity contribution in [3.05, 3.63) is 52.0 Å². The summed E-state index contributed by atoms with van der Waals surface area (Å²) in [5.74, 6) is -0.0715. The van der Waals surface area contributed by atoms with Gasteiger partial charge < -0.3 is 5.32 Å². The molecule has 20 heavy (non-hydrogen) atoms. The van der Waals surface area contributed by atoms with Gasteiger partial charge in [-0.05, 0) is 30.2 Å². The maximum absolute atomic E-state index is 12.2. The smallest absolute Gasteiger partial charge is 0.255 e. The maximum atomic E-state index is 12.2. The summed E-state index contributed by atoms with van der Waals surface area (Å²) < 4.78 is 0. The van der Waals surface area contributed by atoms with E-state index in [-0.39, 0.29) is 11.8 Å². The van der Waals surface area contributed by atoms with Crippen LogP contribution in [0, 0.1) is 0 Å². The van der Waals surface area contributed by atoms with Crippen LogP contribution < -0.4 is 5.32 Å². The van der Waals surface area contributed by atoms with Crippen molar-refractivity contribution in [2.75, 3.05) is 5.32 Å². The Kier molecular flexibility index (Phi) is 4.57. The number of rotatable bonds is 3. The highest BCUT2D eigenvalue weighted by Crippen LogP contribution is 2.19. The predicted octanol–water partition coefficient (Wildman–Crippen LogP) is 4.16. The van der Waals surface area contributed by atoms with Crippen LogP contribution in [0.4, 0.5) is 5.69 Å². The number of amides is 1. The molecule has 104 valence electrons. The minimum absolute atomic E-state index is 0.192. The quantitative estimate of drug-likeness (QED) is 0.866. The second-order valence-corrected chi connectivity index (χ2v) is 5.36. The fraction of sp³-hybridized carbons (Fsp3) is 0.214. The van der Waals surface area contributed by atoms with Gasteiger partial charge in [0.15, 0.2) is 0 Å². The number of halogens is 2. The first kappa shape index (κ1) is 14.8. The van der Waals surface area contributed by atoms with Crippen molar-refractivity contribution in [2.45, 2.75) is 19.8 Å². The molecule has 2 heterocycles. The number of hydrogen-bond donors (Lipinski definition) is 1. The Morgan fingerprint density at radius 2 is 1.95 bits per heavy atom. The largest absolute Gasteiger partial charge is 0.321 e. The summed E-state index contributed by atoms with van der Waals surface area (Å²) >= 11 is 11.6. The van der Waals surface area contributed by atoms with Crippen LogP contribution in [0.25, 0.3) is 0 Å². The monoisotopic (exact) mass is 309 g/mol. The molecule has 0 unspecified atom stereocenters. The summed E-state index contributed by atoms with van der Waals surface area (Å²) in [5.41, 5.74) is 1.80. The van der Waals surface area contributed by atoms with Crippen molar-refractivity contribution < 1.29 is 4.79 Å². The van der Waals surface area contributed by atoms with E-state index in [0.29, 0.717) is 21.6 Å². The van der Waals surface area contributed by atoms with Crippen molar-refractivity contribution in [1.82, 2.24) is 9.97 Å². The van der Waals surface area contributed by atoms with Crippen LogP contribution in [0.2, 0.25) is 10.3 Å². The zero-order valence-corrected chi connectivity index (χ0v) is 12.5. The molecule has 0 fully saturated rings. The van der Waals surface area contributed by atoms with Gasteiger partial charge in [-0.1, -0.05) is 37.0 Å². The number of carbonyl (C=O) groups is 1. The summed E-state index contributed by atoms with van der Waals surface area (Å²) in [5, 5.41) is 3.41. The minimum Gasteiger partial charge on any atom is -0.321 e. The summed E-state index contributed by atoms with van der Waals surface area (Å²) in [6, 6.07) is 6.55. The molecule has 0 bridgehead atoms. The highest BCUT2D eigenvalue weighted by atomic mass is 35.5. The van der Waals surface area contributed by atoms with Crippen LogP contribution in [0.3, 0.4) is 0 Å². The first-order chi connectivity index (χ1) is 9.45. The van der Waals surface area contributed by atoms with E-state index in [1.807, 2.05) is 13.8 Å². The van der Waals surface area contributed by atoms with Crippen molar-refractivity contribution in [3.8, 4) is 0 Å². The first-order valence-electron chi connectivity index (χ1n) is 6.06. The van der Waals surface area contributed by atoms with Gasteiger partial charge >= 0.3 is 0 Å². The molecule has 1 N–H and O–H groups in total. The SMILES string of the molecule is CC(C)c1cc(C(=O)Nc2ccc(Cl)nc2)cc(Cl)n1. The zero-order valence-electron chi connectivity index (χ0n) is 11.0. The first-order valence-corrected chi connectivity index (χ1v) is 6.81. The molecular weight excluding hydrogens is 297 g/mol. The lowest BCUT2D eigenvalue weighted by Crippen LogP contribution is -2.13. The van der Waals surface area contributed by atoms with Crippen molar-refractivity contribution >= 4 is 34.8 Å². The van der Waals surface area contributed by atoms with Crippen LogP contribution in [0.15, 0.2) is 30.5 Å². The number of anilines is 1. The van der Waals surface area contributed by atoms with Gasteiger partial charge in [-0.25, -0.2) is 9.97 Å². The van der Waals surface area contributed by atoms with E-state index in [4.69, 9.17) is 23.2 Å². The number of nitrogens with one attached hydrogen (secondary N) is 1. The molecule has 2 aromatic heterocycles. The lowest BCUT2D eigenvalue weighted by atomic mass is 10.1. The van der Waals surface area contributed by atoms with Gasteiger partial charge in [-0.3, -0.25) is 4.79 Å². The predicted molar refractivity (Wildman–Crippen MR) is 80.5 cm³/mol. The maximum Gasteiger partial charge on any atom is 0.255 e. The van der Waals surface area contributed by atoms with Gasteiger partial charge in [0.2, 0.25) is 0 Å². The molecule has 1 amide bonds. The summed E-state index contributed by atoms with van der Waals surface area (Å²) in [4.78, 5) is 20.3. The van der Waals surface area contributed by atoms with Crippen molar-refractivity contribution in [1.29, 1.82) is 0 Å². The summed E-state index contributed by atoms with van der Waals surface area (Å²) in [7, 11) is 0. The van der Waals surface area contributed by atoms with E-state index in [9.17, 15) is 4.79 Å². The molecule has 0 aromatic carbocycles. The van der Waals surface area contributed by atoms with E-state index in [0.717, 1.165) is 5.69 Å². The highest BCUT2D eigenvalue weighted by molar-refractivity contribution is 6.30. The number of nitrogens with zero attached hydrogens (tertiary/aromatic N) is 2. The van der Waals surface area contributed by atoms with Crippen LogP contribution in [-0.2, 0) is 0 Å². The second kappa shape index (κ2) is 6.20. The number of carbonyl (C=O) groups excluding carboxylic acids is 1. The molecule has 0 aliphatic carbocycles. The summed E-state index contributed by atoms with van der Waals surface area (Å²) in [6.07, 6.45) is 1.49. The molecule has 0 spiro atoms. The Morgan fingerprint density at radius 3 is 2.55 bits per heavy atom. The zero-order chi connectivity index (χ0) is 14.7. The minimum atomic E-state index is -0.264. The Labute approximate surface area is 127 Å². The molecule has 0 saturated carbocycles. The van der Waals surface area contributed by atoms with Gasteiger partial charge in [0, 0.05) is 11.3 Å². The number of aromatic nitrogens is 2. The third kappa shape index (κ3) is 3.68. The van der Waals surface area contributed by atoms with Gasteiger partial charge in [-0.2, -0.15) is 0 Å². The normalized spacial score (nSPS) is 10.7. The molecule has 0 aliphatic rings. The Balaban J connectivity index is 2.22. The van der Waals surface area contributed by atoms with E-state index in [1.54, 1.807) is 18.2 Å². The molecule has 0 radical (unpaired) electrons. The average molecular weight is 310 g/mol. The Morgan fingerprint density at radius 1 is 1.20 bits per heavy atom. The topological polar surface area (TPSA) is 54.9 Å². The van der Waals surface area contributed by atoms with Crippen LogP contribution in [0.5, 0.6) is 0 Å². The third-order valence-corrected chi connectivity index (χ3v) is 3.07. The van der Waals surface area contributed by atoms with E-state index in [2.05, 4.69) is 15.3 Å². The molecule has 0 aliphatic heterocycles. The van der Waals surface area contributed by atoms with E-state index >= 15 is 0 Å². The molecular formula is C14H13Cl2N3O. The highest BCUT2D eigenvalue weighted by Gasteiger charge is 2.11. The number of pyridine rings is 2. The third-order valence-electron chi connectivity index (χ3n) is 2.65. The van der Waals surface area contributed by atoms with Crippen LogP contribution >= 0.6 is 23.2 Å². The molecule has 2 rings (SSSR count). The lowest BCUT2D eigenvalue weighted by Gasteiger charge is -2.09. The van der Waals surface area contributed by atoms with E-state index in [1.165, 1.54) is 12.3 Å². The summed E-state index contributed by atoms with van der Waals surface area (Å²) in [6.45, 7) is 3.98. The Bertz CT molecular complexity index is 627. The standard InChI is InChI=1S/C14H13Cl2N3O/c1-8(2)11-5-9(6-13(16)19-11)14(20)18-10-3-4-12(15)17-7-10/h3-8H,1-2H3,(H,18,20). The molecule has 6 heteroatoms. The second-order valence-electron chi connectivity index (χ2n) is 4.58. The fourth-order valence-corrected chi connectivity index (χ4v) is 1.92. The van der Waals surface area contributed by atoms with Gasteiger partial charge in [-0.15, -0.1) is 0 Å². The van der Waals surface area contributed by atoms with Crippen molar-refractivity contribution in [2.24, 2.45) is 0 Å². The number of hydrogen-bond acceptors (Lipinski definition) is 3. The molecule has 2 aromatic rings. The fourth-order valence-electron chi connectivity index (χ4n) is 1.60. The van der Waals surface area contributed by atoms with Gasteiger partial charge in [0.1, 0.15) is 10.3 Å². The van der Waals surface area contributed by atoms with E-state index < -0.39 is 0 Å². The van der Waals surface area contributed by atoms with Crippen LogP contribution in [-0.4, -0.2) is 15.9 Å². The van der Waals surface area contributed by atoms with Gasteiger partial charge in [0.25, 0.3) is 5.91 Å². The van der Waals surface area contributed by atoms with Gasteiger partial charge in [0.05, 0.1) is 11.9 Å². The molecule has 0 saturated heterocycles. The Hall–Kier alpha value is -1.65. The molecule has 4 nitrogen and oxygen atoms in total. The lowest BCUT2D eigenvalue weighted by molar-refractivity contribution is 0.102.